The molecule has 0 saturated heterocycles. The summed E-state index contributed by atoms with van der Waals surface area (Å²) in [5, 5.41) is 18.3. The Hall–Kier alpha value is -4.80. The SMILES string of the molecule is COc1ccccc1Oc1c(OCCO)nc(-c2ccnc(C#N)c2)nc1OS(=O)(=O)c1ccc(C(C)C)cn1. The number of hydrogen-bond acceptors (Lipinski definition) is 12. The number of aliphatic hydroxyl groups excluding tert-OH is 1. The van der Waals surface area contributed by atoms with Gasteiger partial charge in [-0.3, -0.25) is 0 Å². The number of pyridine rings is 2. The monoisotopic (exact) mass is 563 g/mol. The number of nitrogens with zero attached hydrogens (tertiary/aromatic N) is 5. The van der Waals surface area contributed by atoms with E-state index in [0.717, 1.165) is 5.56 Å². The third-order valence-electron chi connectivity index (χ3n) is 5.42. The second-order valence-corrected chi connectivity index (χ2v) is 9.97. The van der Waals surface area contributed by atoms with Crippen LogP contribution in [0.15, 0.2) is 66.0 Å². The van der Waals surface area contributed by atoms with Crippen LogP contribution < -0.4 is 18.4 Å². The van der Waals surface area contributed by atoms with Crippen molar-refractivity contribution in [2.75, 3.05) is 20.3 Å². The molecule has 4 aromatic rings. The van der Waals surface area contributed by atoms with Gasteiger partial charge in [0, 0.05) is 18.0 Å². The highest BCUT2D eigenvalue weighted by molar-refractivity contribution is 7.87. The Morgan fingerprint density at radius 1 is 1.02 bits per heavy atom. The minimum absolute atomic E-state index is 0.0486. The molecule has 0 spiro atoms. The zero-order valence-corrected chi connectivity index (χ0v) is 22.6. The molecule has 0 saturated carbocycles. The molecule has 1 N–H and O–H groups in total. The largest absolute Gasteiger partial charge is 0.493 e. The molecule has 1 aromatic carbocycles. The second kappa shape index (κ2) is 12.4. The summed E-state index contributed by atoms with van der Waals surface area (Å²) < 4.78 is 49.1. The van der Waals surface area contributed by atoms with Crippen molar-refractivity contribution in [2.24, 2.45) is 0 Å². The van der Waals surface area contributed by atoms with E-state index in [-0.39, 0.29) is 53.1 Å². The van der Waals surface area contributed by atoms with Crippen LogP contribution in [-0.2, 0) is 10.1 Å². The molecule has 0 aliphatic rings. The second-order valence-electron chi connectivity index (χ2n) is 8.48. The molecular formula is C27H25N5O7S. The number of hydrogen-bond donors (Lipinski definition) is 1. The van der Waals surface area contributed by atoms with Gasteiger partial charge in [-0.25, -0.2) is 9.97 Å². The Balaban J connectivity index is 1.89. The Morgan fingerprint density at radius 2 is 1.77 bits per heavy atom. The molecule has 40 heavy (non-hydrogen) atoms. The van der Waals surface area contributed by atoms with Crippen molar-refractivity contribution < 1.29 is 31.9 Å². The van der Waals surface area contributed by atoms with Gasteiger partial charge in [0.05, 0.1) is 13.7 Å². The average Bonchev–Trinajstić information content (AvgIpc) is 2.97. The van der Waals surface area contributed by atoms with Gasteiger partial charge in [-0.15, -0.1) is 0 Å². The number of benzene rings is 1. The third kappa shape index (κ3) is 6.42. The quantitative estimate of drug-likeness (QED) is 0.262. The zero-order chi connectivity index (χ0) is 28.7. The van der Waals surface area contributed by atoms with Crippen LogP contribution in [0.25, 0.3) is 11.4 Å². The Morgan fingerprint density at radius 3 is 2.42 bits per heavy atom. The first-order valence-electron chi connectivity index (χ1n) is 12.0. The summed E-state index contributed by atoms with van der Waals surface area (Å²) in [5.74, 6) is -0.436. The Labute approximate surface area is 231 Å². The standard InChI is InChI=1S/C27H25N5O7S/c1-17(2)19-8-9-23(30-16-19)40(34,35)39-27-24(38-22-7-5-4-6-21(22)36-3)26(37-13-12-33)31-25(32-27)18-10-11-29-20(14-18)15-28/h4-11,14,16-17,33H,12-13H2,1-3H3. The molecule has 0 unspecified atom stereocenters. The summed E-state index contributed by atoms with van der Waals surface area (Å²) in [4.78, 5) is 16.7. The normalized spacial score (nSPS) is 11.1. The average molecular weight is 564 g/mol. The predicted molar refractivity (Wildman–Crippen MR) is 142 cm³/mol. The van der Waals surface area contributed by atoms with Crippen molar-refractivity contribution in [2.45, 2.75) is 24.8 Å². The van der Waals surface area contributed by atoms with E-state index in [9.17, 15) is 18.8 Å². The highest BCUT2D eigenvalue weighted by atomic mass is 32.2. The van der Waals surface area contributed by atoms with E-state index in [1.54, 1.807) is 30.3 Å². The van der Waals surface area contributed by atoms with E-state index in [2.05, 4.69) is 19.9 Å². The molecule has 0 bridgehead atoms. The minimum Gasteiger partial charge on any atom is -0.493 e. The van der Waals surface area contributed by atoms with Gasteiger partial charge in [-0.05, 0) is 41.8 Å². The maximum atomic E-state index is 13.3. The number of nitriles is 1. The topological polar surface area (TPSA) is 167 Å². The van der Waals surface area contributed by atoms with Crippen molar-refractivity contribution in [1.82, 2.24) is 19.9 Å². The molecule has 0 amide bonds. The van der Waals surface area contributed by atoms with Crippen LogP contribution in [0.2, 0.25) is 0 Å². The molecule has 3 aromatic heterocycles. The van der Waals surface area contributed by atoms with Gasteiger partial charge in [0.25, 0.3) is 17.5 Å². The van der Waals surface area contributed by atoms with E-state index in [4.69, 9.17) is 18.4 Å². The van der Waals surface area contributed by atoms with Gasteiger partial charge in [0.2, 0.25) is 0 Å². The van der Waals surface area contributed by atoms with Crippen LogP contribution in [0.4, 0.5) is 0 Å². The lowest BCUT2D eigenvalue weighted by Crippen LogP contribution is -2.15. The lowest BCUT2D eigenvalue weighted by molar-refractivity contribution is 0.191. The van der Waals surface area contributed by atoms with Crippen LogP contribution in [0.1, 0.15) is 31.0 Å². The summed E-state index contributed by atoms with van der Waals surface area (Å²) in [6.07, 6.45) is 2.83. The van der Waals surface area contributed by atoms with E-state index in [1.165, 1.54) is 37.7 Å². The van der Waals surface area contributed by atoms with Crippen LogP contribution >= 0.6 is 0 Å². The number of aliphatic hydroxyl groups is 1. The van der Waals surface area contributed by atoms with Crippen molar-refractivity contribution in [1.29, 1.82) is 5.26 Å². The van der Waals surface area contributed by atoms with Gasteiger partial charge in [0.15, 0.2) is 22.3 Å². The Bertz CT molecular complexity index is 1640. The highest BCUT2D eigenvalue weighted by Crippen LogP contribution is 2.43. The molecule has 12 nitrogen and oxygen atoms in total. The van der Waals surface area contributed by atoms with E-state index < -0.39 is 16.0 Å². The summed E-state index contributed by atoms with van der Waals surface area (Å²) in [6, 6.07) is 14.5. The molecular weight excluding hydrogens is 538 g/mol. The molecule has 13 heteroatoms. The molecule has 0 fully saturated rings. The number of methoxy groups -OCH3 is 1. The van der Waals surface area contributed by atoms with Crippen LogP contribution in [-0.4, -0.2) is 53.8 Å². The first-order chi connectivity index (χ1) is 19.2. The summed E-state index contributed by atoms with van der Waals surface area (Å²) >= 11 is 0. The van der Waals surface area contributed by atoms with Crippen molar-refractivity contribution in [3.8, 4) is 46.5 Å². The molecule has 3 heterocycles. The molecule has 0 aliphatic heterocycles. The molecule has 0 aliphatic carbocycles. The lowest BCUT2D eigenvalue weighted by Gasteiger charge is -2.17. The number of ether oxygens (including phenoxy) is 3. The first-order valence-corrected chi connectivity index (χ1v) is 13.4. The van der Waals surface area contributed by atoms with E-state index in [1.807, 2.05) is 19.9 Å². The predicted octanol–water partition coefficient (Wildman–Crippen LogP) is 3.87. The molecule has 206 valence electrons. The van der Waals surface area contributed by atoms with Gasteiger partial charge in [-0.1, -0.05) is 32.0 Å². The van der Waals surface area contributed by atoms with Crippen LogP contribution in [0.5, 0.6) is 29.0 Å². The summed E-state index contributed by atoms with van der Waals surface area (Å²) in [6.45, 7) is 3.33. The third-order valence-corrected chi connectivity index (χ3v) is 6.55. The van der Waals surface area contributed by atoms with Gasteiger partial charge in [0.1, 0.15) is 18.4 Å². The fourth-order valence-electron chi connectivity index (χ4n) is 3.40. The van der Waals surface area contributed by atoms with E-state index >= 15 is 0 Å². The first kappa shape index (κ1) is 28.2. The fourth-order valence-corrected chi connectivity index (χ4v) is 4.22. The van der Waals surface area contributed by atoms with Crippen LogP contribution in [0, 0.1) is 11.3 Å². The number of rotatable bonds is 11. The minimum atomic E-state index is -4.52. The summed E-state index contributed by atoms with van der Waals surface area (Å²) in [5.41, 5.74) is 1.25. The molecule has 0 radical (unpaired) electrons. The van der Waals surface area contributed by atoms with Gasteiger partial charge < -0.3 is 23.5 Å². The smallest absolute Gasteiger partial charge is 0.358 e. The van der Waals surface area contributed by atoms with Crippen molar-refractivity contribution in [3.63, 3.8) is 0 Å². The van der Waals surface area contributed by atoms with Crippen molar-refractivity contribution in [3.05, 3.63) is 72.2 Å². The maximum Gasteiger partial charge on any atom is 0.358 e. The van der Waals surface area contributed by atoms with Gasteiger partial charge in [-0.2, -0.15) is 23.6 Å². The molecule has 0 atom stereocenters. The molecule has 4 rings (SSSR count). The van der Waals surface area contributed by atoms with Gasteiger partial charge >= 0.3 is 10.1 Å². The summed E-state index contributed by atoms with van der Waals surface area (Å²) in [7, 11) is -3.08. The Kier molecular flexibility index (Phi) is 8.73. The lowest BCUT2D eigenvalue weighted by atomic mass is 10.1. The fraction of sp³-hybridized carbons (Fsp3) is 0.222. The highest BCUT2D eigenvalue weighted by Gasteiger charge is 2.28. The number of para-hydroxylation sites is 2. The number of aromatic nitrogens is 4. The van der Waals surface area contributed by atoms with Crippen LogP contribution in [0.3, 0.4) is 0 Å². The zero-order valence-electron chi connectivity index (χ0n) is 21.8. The van der Waals surface area contributed by atoms with E-state index in [0.29, 0.717) is 11.3 Å². The maximum absolute atomic E-state index is 13.3. The van der Waals surface area contributed by atoms with Crippen molar-refractivity contribution >= 4 is 10.1 Å².